The van der Waals surface area contributed by atoms with Crippen LogP contribution in [0.2, 0.25) is 0 Å². The van der Waals surface area contributed by atoms with Crippen LogP contribution in [0.5, 0.6) is 0 Å². The highest BCUT2D eigenvalue weighted by atomic mass is 32.1. The van der Waals surface area contributed by atoms with Gasteiger partial charge in [0, 0.05) is 30.1 Å². The molecule has 0 amide bonds. The molecule has 1 atom stereocenters. The monoisotopic (exact) mass is 279 g/mol. The van der Waals surface area contributed by atoms with Crippen molar-refractivity contribution in [1.29, 1.82) is 0 Å². The molecule has 0 bridgehead atoms. The van der Waals surface area contributed by atoms with Crippen LogP contribution in [0.3, 0.4) is 0 Å². The van der Waals surface area contributed by atoms with Crippen LogP contribution in [0.25, 0.3) is 0 Å². The van der Waals surface area contributed by atoms with Crippen molar-refractivity contribution in [2.75, 3.05) is 33.2 Å². The lowest BCUT2D eigenvalue weighted by Gasteiger charge is -2.45. The van der Waals surface area contributed by atoms with Crippen molar-refractivity contribution in [3.05, 3.63) is 21.9 Å². The second-order valence-electron chi connectivity index (χ2n) is 6.13. The third kappa shape index (κ3) is 2.59. The molecule has 3 rings (SSSR count). The molecular formula is C15H25N3S. The summed E-state index contributed by atoms with van der Waals surface area (Å²) in [5, 5.41) is 2.24. The lowest BCUT2D eigenvalue weighted by molar-refractivity contribution is 0.0658. The molecule has 3 heterocycles. The number of nitrogens with two attached hydrogens (primary N) is 1. The zero-order valence-corrected chi connectivity index (χ0v) is 12.7. The minimum atomic E-state index is 0.240. The highest BCUT2D eigenvalue weighted by molar-refractivity contribution is 7.10. The number of fused-ring (bicyclic) bond motifs is 1. The zero-order chi connectivity index (χ0) is 13.3. The molecule has 1 saturated heterocycles. The third-order valence-corrected chi connectivity index (χ3v) is 6.02. The summed E-state index contributed by atoms with van der Waals surface area (Å²) in [6.45, 7) is 5.51. The van der Waals surface area contributed by atoms with Gasteiger partial charge in [0.25, 0.3) is 0 Å². The smallest absolute Gasteiger partial charge is 0.0348 e. The van der Waals surface area contributed by atoms with E-state index in [1.807, 2.05) is 11.3 Å². The molecule has 0 radical (unpaired) electrons. The van der Waals surface area contributed by atoms with E-state index in [4.69, 9.17) is 5.73 Å². The Morgan fingerprint density at radius 2 is 2.21 bits per heavy atom. The maximum atomic E-state index is 6.22. The highest BCUT2D eigenvalue weighted by Gasteiger charge is 2.38. The Balaban J connectivity index is 1.79. The molecular weight excluding hydrogens is 254 g/mol. The van der Waals surface area contributed by atoms with Crippen molar-refractivity contribution in [2.45, 2.75) is 37.8 Å². The molecule has 2 aliphatic heterocycles. The van der Waals surface area contributed by atoms with Crippen molar-refractivity contribution < 1.29 is 0 Å². The lowest BCUT2D eigenvalue weighted by atomic mass is 9.86. The molecule has 1 aromatic heterocycles. The fourth-order valence-electron chi connectivity index (χ4n) is 3.62. The van der Waals surface area contributed by atoms with E-state index < -0.39 is 0 Å². The minimum absolute atomic E-state index is 0.240. The van der Waals surface area contributed by atoms with Crippen LogP contribution in [0.15, 0.2) is 11.4 Å². The molecule has 0 spiro atoms. The number of rotatable bonds is 2. The first kappa shape index (κ1) is 13.6. The first-order valence-corrected chi connectivity index (χ1v) is 8.30. The van der Waals surface area contributed by atoms with Crippen molar-refractivity contribution in [3.8, 4) is 0 Å². The summed E-state index contributed by atoms with van der Waals surface area (Å²) in [6, 6.07) is 2.30. The van der Waals surface area contributed by atoms with E-state index in [0.717, 1.165) is 13.1 Å². The van der Waals surface area contributed by atoms with Gasteiger partial charge in [-0.2, -0.15) is 0 Å². The Hall–Kier alpha value is -0.420. The van der Waals surface area contributed by atoms with Gasteiger partial charge in [0.2, 0.25) is 0 Å². The van der Waals surface area contributed by atoms with Gasteiger partial charge in [-0.15, -0.1) is 11.3 Å². The van der Waals surface area contributed by atoms with Gasteiger partial charge in [-0.3, -0.25) is 4.90 Å². The summed E-state index contributed by atoms with van der Waals surface area (Å²) in [5.41, 5.74) is 8.01. The molecule has 1 unspecified atom stereocenters. The second kappa shape index (κ2) is 5.52. The molecule has 4 heteroatoms. The summed E-state index contributed by atoms with van der Waals surface area (Å²) < 4.78 is 0. The minimum Gasteiger partial charge on any atom is -0.329 e. The van der Waals surface area contributed by atoms with E-state index in [2.05, 4.69) is 28.3 Å². The van der Waals surface area contributed by atoms with Crippen LogP contribution in [0.1, 0.15) is 29.7 Å². The van der Waals surface area contributed by atoms with E-state index in [-0.39, 0.29) is 5.54 Å². The molecule has 0 aromatic carbocycles. The molecule has 1 aromatic rings. The Bertz CT molecular complexity index is 431. The van der Waals surface area contributed by atoms with E-state index in [9.17, 15) is 0 Å². The first-order chi connectivity index (χ1) is 9.23. The molecule has 1 fully saturated rings. The van der Waals surface area contributed by atoms with Crippen molar-refractivity contribution in [3.63, 3.8) is 0 Å². The average Bonchev–Trinajstić information content (AvgIpc) is 2.81. The molecule has 2 N–H and O–H groups in total. The summed E-state index contributed by atoms with van der Waals surface area (Å²) in [6.07, 6.45) is 4.97. The van der Waals surface area contributed by atoms with Crippen molar-refractivity contribution in [2.24, 2.45) is 5.73 Å². The molecule has 19 heavy (non-hydrogen) atoms. The Labute approximate surface area is 120 Å². The van der Waals surface area contributed by atoms with E-state index in [1.165, 1.54) is 45.3 Å². The first-order valence-electron chi connectivity index (χ1n) is 7.42. The summed E-state index contributed by atoms with van der Waals surface area (Å²) in [7, 11) is 2.24. The topological polar surface area (TPSA) is 32.5 Å². The average molecular weight is 279 g/mol. The van der Waals surface area contributed by atoms with Gasteiger partial charge in [0.15, 0.2) is 0 Å². The Kier molecular flexibility index (Phi) is 3.94. The molecule has 106 valence electrons. The number of thiophene rings is 1. The van der Waals surface area contributed by atoms with Crippen LogP contribution in [0.4, 0.5) is 0 Å². The number of hydrogen-bond acceptors (Lipinski definition) is 4. The molecule has 2 aliphatic rings. The van der Waals surface area contributed by atoms with Crippen molar-refractivity contribution in [1.82, 2.24) is 9.80 Å². The van der Waals surface area contributed by atoms with Gasteiger partial charge in [-0.1, -0.05) is 0 Å². The van der Waals surface area contributed by atoms with Crippen molar-refractivity contribution >= 4 is 11.3 Å². The van der Waals surface area contributed by atoms with Crippen LogP contribution in [-0.4, -0.2) is 48.6 Å². The maximum absolute atomic E-state index is 6.22. The van der Waals surface area contributed by atoms with Gasteiger partial charge < -0.3 is 10.6 Å². The number of nitrogens with zero attached hydrogens (tertiary/aromatic N) is 2. The SMILES string of the molecule is CN1CCCC(CN)(N2CCc3sccc3C2)CC1. The standard InChI is InChI=1S/C15H25N3S/c1-17-7-2-5-15(12-16,6-9-17)18-8-3-14-13(11-18)4-10-19-14/h4,10H,2-3,5-9,11-12,16H2,1H3. The Morgan fingerprint density at radius 3 is 3.05 bits per heavy atom. The van der Waals surface area contributed by atoms with E-state index in [1.54, 1.807) is 10.4 Å². The Morgan fingerprint density at radius 1 is 1.32 bits per heavy atom. The predicted molar refractivity (Wildman–Crippen MR) is 81.6 cm³/mol. The van der Waals surface area contributed by atoms with Crippen LogP contribution >= 0.6 is 11.3 Å². The van der Waals surface area contributed by atoms with Gasteiger partial charge in [-0.05, 0) is 62.8 Å². The third-order valence-electron chi connectivity index (χ3n) is 5.00. The van der Waals surface area contributed by atoms with Crippen LogP contribution < -0.4 is 5.73 Å². The molecule has 0 aliphatic carbocycles. The van der Waals surface area contributed by atoms with Gasteiger partial charge in [-0.25, -0.2) is 0 Å². The fraction of sp³-hybridized carbons (Fsp3) is 0.733. The highest BCUT2D eigenvalue weighted by Crippen LogP contribution is 2.34. The zero-order valence-electron chi connectivity index (χ0n) is 11.9. The van der Waals surface area contributed by atoms with Gasteiger partial charge in [0.05, 0.1) is 0 Å². The van der Waals surface area contributed by atoms with E-state index >= 15 is 0 Å². The molecule has 3 nitrogen and oxygen atoms in total. The largest absolute Gasteiger partial charge is 0.329 e. The maximum Gasteiger partial charge on any atom is 0.0348 e. The molecule has 0 saturated carbocycles. The number of likely N-dealkylation sites (tertiary alicyclic amines) is 1. The van der Waals surface area contributed by atoms with Gasteiger partial charge >= 0.3 is 0 Å². The summed E-state index contributed by atoms with van der Waals surface area (Å²) in [5.74, 6) is 0. The summed E-state index contributed by atoms with van der Waals surface area (Å²) >= 11 is 1.92. The quantitative estimate of drug-likeness (QED) is 0.898. The van der Waals surface area contributed by atoms with Gasteiger partial charge in [0.1, 0.15) is 0 Å². The van der Waals surface area contributed by atoms with Crippen LogP contribution in [-0.2, 0) is 13.0 Å². The summed E-state index contributed by atoms with van der Waals surface area (Å²) in [4.78, 5) is 6.73. The second-order valence-corrected chi connectivity index (χ2v) is 7.13. The predicted octanol–water partition coefficient (Wildman–Crippen LogP) is 1.92. The normalized spacial score (nSPS) is 30.0. The van der Waals surface area contributed by atoms with Crippen LogP contribution in [0, 0.1) is 0 Å². The fourth-order valence-corrected chi connectivity index (χ4v) is 4.51. The number of hydrogen-bond donors (Lipinski definition) is 1. The lowest BCUT2D eigenvalue weighted by Crippen LogP contribution is -2.55. The van der Waals surface area contributed by atoms with E-state index in [0.29, 0.717) is 0 Å².